The Morgan fingerprint density at radius 3 is 2.97 bits per heavy atom. The Bertz CT molecular complexity index is 1100. The molecule has 1 heterocycles. The van der Waals surface area contributed by atoms with Gasteiger partial charge in [0.2, 0.25) is 5.91 Å². The third-order valence-electron chi connectivity index (χ3n) is 5.87. The molecule has 1 amide bonds. The maximum atomic E-state index is 11.6. The average Bonchev–Trinajstić information content (AvgIpc) is 3.44. The summed E-state index contributed by atoms with van der Waals surface area (Å²) in [5.41, 5.74) is 2.39. The van der Waals surface area contributed by atoms with E-state index in [0.717, 1.165) is 12.8 Å². The number of fused-ring (bicyclic) bond motifs is 1. The van der Waals surface area contributed by atoms with Gasteiger partial charge in [0.15, 0.2) is 5.82 Å². The topological polar surface area (TPSA) is 113 Å². The molecular formula is C24H27N5O3. The summed E-state index contributed by atoms with van der Waals surface area (Å²) in [6.45, 7) is 4.13. The lowest BCUT2D eigenvalue weighted by Crippen LogP contribution is -2.38. The van der Waals surface area contributed by atoms with E-state index < -0.39 is 0 Å². The van der Waals surface area contributed by atoms with Crippen LogP contribution in [-0.2, 0) is 4.79 Å². The molecule has 1 fully saturated rings. The number of hydrogen-bond donors (Lipinski definition) is 2. The summed E-state index contributed by atoms with van der Waals surface area (Å²) in [4.78, 5) is 16.3. The number of carbonyl (C=O) groups is 1. The number of benzene rings is 1. The zero-order valence-corrected chi connectivity index (χ0v) is 18.5. The van der Waals surface area contributed by atoms with E-state index >= 15 is 0 Å². The van der Waals surface area contributed by atoms with Crippen molar-refractivity contribution in [2.75, 3.05) is 13.6 Å². The first-order chi connectivity index (χ1) is 15.5. The Labute approximate surface area is 187 Å². The van der Waals surface area contributed by atoms with Gasteiger partial charge < -0.3 is 19.9 Å². The van der Waals surface area contributed by atoms with Crippen LogP contribution in [0.1, 0.15) is 44.0 Å². The van der Waals surface area contributed by atoms with Crippen molar-refractivity contribution in [3.63, 3.8) is 0 Å². The summed E-state index contributed by atoms with van der Waals surface area (Å²) in [6.07, 6.45) is 8.17. The second-order valence-corrected chi connectivity index (χ2v) is 8.31. The quantitative estimate of drug-likeness (QED) is 0.690. The molecule has 2 aromatic rings. The maximum Gasteiger partial charge on any atom is 0.257 e. The van der Waals surface area contributed by atoms with Crippen molar-refractivity contribution in [1.82, 2.24) is 20.8 Å². The third-order valence-corrected chi connectivity index (χ3v) is 5.87. The molecule has 2 N–H and O–H groups in total. The van der Waals surface area contributed by atoms with E-state index in [1.165, 1.54) is 5.57 Å². The number of aromatic nitrogens is 2. The highest BCUT2D eigenvalue weighted by molar-refractivity contribution is 5.77. The lowest BCUT2D eigenvalue weighted by molar-refractivity contribution is -0.119. The molecule has 0 aliphatic heterocycles. The van der Waals surface area contributed by atoms with Gasteiger partial charge in [-0.1, -0.05) is 23.4 Å². The number of allylic oxidation sites excluding steroid dienone is 3. The fourth-order valence-electron chi connectivity index (χ4n) is 4.37. The molecule has 32 heavy (non-hydrogen) atoms. The highest BCUT2D eigenvalue weighted by Gasteiger charge is 2.38. The van der Waals surface area contributed by atoms with Crippen molar-refractivity contribution in [2.45, 2.75) is 44.8 Å². The van der Waals surface area contributed by atoms with Crippen LogP contribution >= 0.6 is 0 Å². The van der Waals surface area contributed by atoms with E-state index in [2.05, 4.69) is 39.0 Å². The molecule has 1 saturated carbocycles. The van der Waals surface area contributed by atoms with Crippen molar-refractivity contribution in [1.29, 1.82) is 5.26 Å². The first kappa shape index (κ1) is 21.8. The first-order valence-electron chi connectivity index (χ1n) is 10.9. The molecule has 8 heteroatoms. The minimum atomic E-state index is -0.0266. The van der Waals surface area contributed by atoms with Gasteiger partial charge in [-0.15, -0.1) is 0 Å². The molecule has 166 valence electrons. The van der Waals surface area contributed by atoms with Gasteiger partial charge in [-0.3, -0.25) is 4.79 Å². The lowest BCUT2D eigenvalue weighted by Gasteiger charge is -2.24. The summed E-state index contributed by atoms with van der Waals surface area (Å²) in [5.74, 6) is 1.80. The van der Waals surface area contributed by atoms with Crippen molar-refractivity contribution in [3.8, 4) is 23.3 Å². The van der Waals surface area contributed by atoms with E-state index in [0.29, 0.717) is 35.1 Å². The van der Waals surface area contributed by atoms with Crippen LogP contribution in [0.25, 0.3) is 11.5 Å². The van der Waals surface area contributed by atoms with Gasteiger partial charge in [-0.05, 0) is 56.4 Å². The average molecular weight is 434 g/mol. The standard InChI is InChI=1S/C24H27N5O3/c1-14(2)31-21-10-7-15(11-16(21)12-25)24-28-23(29-32-24)19-6-4-5-18-17(19)8-9-20(18)27-13-22(30)26-3/h4-7,10-11,14,17,19-20,27H,8-9,13H2,1-3H3,(H,26,30). The largest absolute Gasteiger partial charge is 0.490 e. The van der Waals surface area contributed by atoms with Crippen molar-refractivity contribution in [3.05, 3.63) is 53.4 Å². The predicted molar refractivity (Wildman–Crippen MR) is 119 cm³/mol. The molecule has 2 aliphatic carbocycles. The second kappa shape index (κ2) is 9.37. The van der Waals surface area contributed by atoms with Crippen LogP contribution in [0.4, 0.5) is 0 Å². The molecule has 3 unspecified atom stereocenters. The molecular weight excluding hydrogens is 406 g/mol. The number of likely N-dealkylation sites (N-methyl/N-ethyl adjacent to an activating group) is 1. The Morgan fingerprint density at radius 1 is 1.38 bits per heavy atom. The summed E-state index contributed by atoms with van der Waals surface area (Å²) < 4.78 is 11.3. The van der Waals surface area contributed by atoms with Crippen LogP contribution in [0.2, 0.25) is 0 Å². The summed E-state index contributed by atoms with van der Waals surface area (Å²) in [7, 11) is 1.64. The molecule has 4 rings (SSSR count). The number of nitrogens with one attached hydrogen (secondary N) is 2. The molecule has 8 nitrogen and oxygen atoms in total. The molecule has 2 aliphatic rings. The predicted octanol–water partition coefficient (Wildman–Crippen LogP) is 3.09. The normalized spacial score (nSPS) is 21.7. The van der Waals surface area contributed by atoms with Crippen LogP contribution in [0.15, 0.2) is 46.5 Å². The fourth-order valence-corrected chi connectivity index (χ4v) is 4.37. The highest BCUT2D eigenvalue weighted by Crippen LogP contribution is 2.44. The molecule has 0 radical (unpaired) electrons. The van der Waals surface area contributed by atoms with Crippen LogP contribution in [0, 0.1) is 17.2 Å². The van der Waals surface area contributed by atoms with Gasteiger partial charge in [0.25, 0.3) is 5.89 Å². The zero-order valence-electron chi connectivity index (χ0n) is 18.5. The zero-order chi connectivity index (χ0) is 22.7. The molecule has 1 aromatic carbocycles. The van der Waals surface area contributed by atoms with Gasteiger partial charge in [0.05, 0.1) is 18.2 Å². The minimum absolute atomic E-state index is 0.0123. The molecule has 0 spiro atoms. The molecule has 0 bridgehead atoms. The number of ether oxygens (including phenoxy) is 1. The van der Waals surface area contributed by atoms with Gasteiger partial charge >= 0.3 is 0 Å². The van der Waals surface area contributed by atoms with Gasteiger partial charge in [0, 0.05) is 24.6 Å². The van der Waals surface area contributed by atoms with E-state index in [1.54, 1.807) is 19.2 Å². The van der Waals surface area contributed by atoms with Gasteiger partial charge in [-0.2, -0.15) is 10.2 Å². The minimum Gasteiger partial charge on any atom is -0.490 e. The van der Waals surface area contributed by atoms with Crippen LogP contribution < -0.4 is 15.4 Å². The number of nitriles is 1. The Balaban J connectivity index is 1.51. The van der Waals surface area contributed by atoms with Gasteiger partial charge in [0.1, 0.15) is 11.8 Å². The number of amides is 1. The summed E-state index contributed by atoms with van der Waals surface area (Å²) in [6, 6.07) is 7.64. The van der Waals surface area contributed by atoms with E-state index in [1.807, 2.05) is 26.0 Å². The van der Waals surface area contributed by atoms with Crippen LogP contribution in [0.3, 0.4) is 0 Å². The highest BCUT2D eigenvalue weighted by atomic mass is 16.5. The maximum absolute atomic E-state index is 11.6. The van der Waals surface area contributed by atoms with Gasteiger partial charge in [-0.25, -0.2) is 0 Å². The molecule has 3 atom stereocenters. The smallest absolute Gasteiger partial charge is 0.257 e. The van der Waals surface area contributed by atoms with Crippen molar-refractivity contribution < 1.29 is 14.1 Å². The van der Waals surface area contributed by atoms with Crippen LogP contribution in [-0.4, -0.2) is 41.8 Å². The first-order valence-corrected chi connectivity index (χ1v) is 10.9. The Hall–Kier alpha value is -3.44. The second-order valence-electron chi connectivity index (χ2n) is 8.31. The van der Waals surface area contributed by atoms with Crippen molar-refractivity contribution in [2.24, 2.45) is 5.92 Å². The van der Waals surface area contributed by atoms with Crippen LogP contribution in [0.5, 0.6) is 5.75 Å². The van der Waals surface area contributed by atoms with Crippen molar-refractivity contribution >= 4 is 5.91 Å². The monoisotopic (exact) mass is 433 g/mol. The summed E-state index contributed by atoms with van der Waals surface area (Å²) >= 11 is 0. The van der Waals surface area contributed by atoms with E-state index in [4.69, 9.17) is 9.26 Å². The third kappa shape index (κ3) is 4.43. The SMILES string of the molecule is CNC(=O)CNC1CCC2C1=CC=CC2c1noc(-c2ccc(OC(C)C)c(C#N)c2)n1. The fraction of sp³-hybridized carbons (Fsp3) is 0.417. The lowest BCUT2D eigenvalue weighted by atomic mass is 9.83. The number of nitrogens with zero attached hydrogens (tertiary/aromatic N) is 3. The van der Waals surface area contributed by atoms with E-state index in [-0.39, 0.29) is 29.9 Å². The number of hydrogen-bond acceptors (Lipinski definition) is 7. The molecule has 0 saturated heterocycles. The molecule has 1 aromatic heterocycles. The number of rotatable bonds is 7. The Kier molecular flexibility index (Phi) is 6.37. The number of carbonyl (C=O) groups excluding carboxylic acids is 1. The summed E-state index contributed by atoms with van der Waals surface area (Å²) in [5, 5.41) is 19.7. The van der Waals surface area contributed by atoms with E-state index in [9.17, 15) is 10.1 Å². The Morgan fingerprint density at radius 2 is 2.22 bits per heavy atom.